The molecule has 0 aliphatic carbocycles. The minimum absolute atomic E-state index is 0.106. The lowest BCUT2D eigenvalue weighted by Gasteiger charge is -2.01. The summed E-state index contributed by atoms with van der Waals surface area (Å²) in [5.41, 5.74) is 3.27. The molecule has 0 spiro atoms. The van der Waals surface area contributed by atoms with Crippen molar-refractivity contribution >= 4 is 5.97 Å². The molecule has 0 fully saturated rings. The number of hydrogen-bond acceptors (Lipinski definition) is 3. The zero-order chi connectivity index (χ0) is 7.28. The van der Waals surface area contributed by atoms with Gasteiger partial charge in [-0.2, -0.15) is 0 Å². The van der Waals surface area contributed by atoms with E-state index in [0.29, 0.717) is 6.54 Å². The first-order valence-corrected chi connectivity index (χ1v) is 2.52. The Morgan fingerprint density at radius 2 is 2.33 bits per heavy atom. The molecule has 52 valence electrons. The molecule has 0 bridgehead atoms. The predicted molar refractivity (Wildman–Crippen MR) is 27.9 cm³/mol. The normalized spacial score (nSPS) is 11.6. The molecule has 4 nitrogen and oxygen atoms in total. The molecule has 0 atom stereocenters. The van der Waals surface area contributed by atoms with Gasteiger partial charge < -0.3 is 20.7 Å². The summed E-state index contributed by atoms with van der Waals surface area (Å²) in [6.45, 7) is -0.137. The van der Waals surface area contributed by atoms with Crippen LogP contribution in [0.1, 0.15) is 0 Å². The van der Waals surface area contributed by atoms with Crippen molar-refractivity contribution in [3.05, 3.63) is 11.6 Å². The van der Waals surface area contributed by atoms with Crippen molar-refractivity contribution in [1.29, 1.82) is 0 Å². The number of carbonyl (C=O) groups excluding carboxylic acids is 1. The molecule has 9 heavy (non-hydrogen) atoms. The number of carboxylic acid groups (broad SMARTS) is 1. The van der Waals surface area contributed by atoms with Gasteiger partial charge in [0, 0.05) is 5.57 Å². The third-order valence-electron chi connectivity index (χ3n) is 0.823. The van der Waals surface area contributed by atoms with Crippen LogP contribution >= 0.6 is 0 Å². The molecule has 0 unspecified atom stereocenters. The molecule has 0 aromatic rings. The van der Waals surface area contributed by atoms with Crippen LogP contribution in [0, 0.1) is 0 Å². The summed E-state index contributed by atoms with van der Waals surface area (Å²) in [6.07, 6.45) is 1.31. The maximum Gasteiger partial charge on any atom is 0.0934 e. The standard InChI is InChI=1S/C5H9NO3/c6-2-1-4(3-7)5(8)9/h1,7H,2-3,6H2,(H,8,9)/b4-1+. The average Bonchev–Trinajstić information content (AvgIpc) is 1.82. The van der Waals surface area contributed by atoms with Gasteiger partial charge in [0.2, 0.25) is 0 Å². The minimum Gasteiger partial charge on any atom is -0.545 e. The first-order valence-electron chi connectivity index (χ1n) is 2.52. The number of aliphatic carboxylic acids is 1. The molecule has 0 aliphatic rings. The molecular formula is C5H9NO3. The highest BCUT2D eigenvalue weighted by atomic mass is 16.4. The van der Waals surface area contributed by atoms with Crippen LogP contribution < -0.4 is 10.8 Å². The van der Waals surface area contributed by atoms with Crippen LogP contribution in [0.4, 0.5) is 0 Å². The highest BCUT2D eigenvalue weighted by Crippen LogP contribution is 1.86. The summed E-state index contributed by atoms with van der Waals surface area (Å²) < 4.78 is 0. The summed E-state index contributed by atoms with van der Waals surface area (Å²) in [6, 6.07) is 0. The largest absolute Gasteiger partial charge is 0.545 e. The molecule has 0 aliphatic heterocycles. The van der Waals surface area contributed by atoms with Gasteiger partial charge in [-0.1, -0.05) is 0 Å². The number of carbonyl (C=O) groups is 1. The van der Waals surface area contributed by atoms with Gasteiger partial charge in [0.1, 0.15) is 0 Å². The van der Waals surface area contributed by atoms with Crippen molar-refractivity contribution in [2.45, 2.75) is 0 Å². The lowest BCUT2D eigenvalue weighted by atomic mass is 10.3. The van der Waals surface area contributed by atoms with Crippen LogP contribution in [0.15, 0.2) is 11.6 Å². The second-order valence-electron chi connectivity index (χ2n) is 1.46. The second kappa shape index (κ2) is 4.05. The second-order valence-corrected chi connectivity index (χ2v) is 1.46. The van der Waals surface area contributed by atoms with Crippen molar-refractivity contribution in [1.82, 2.24) is 0 Å². The Labute approximate surface area is 52.6 Å². The summed E-state index contributed by atoms with van der Waals surface area (Å²) in [7, 11) is 0. The summed E-state index contributed by atoms with van der Waals surface area (Å²) in [5.74, 6) is -1.33. The van der Waals surface area contributed by atoms with Gasteiger partial charge in [-0.25, -0.2) is 0 Å². The quantitative estimate of drug-likeness (QED) is 0.397. The highest BCUT2D eigenvalue weighted by Gasteiger charge is 1.92. The first kappa shape index (κ1) is 8.13. The van der Waals surface area contributed by atoms with Crippen molar-refractivity contribution in [3.63, 3.8) is 0 Å². The van der Waals surface area contributed by atoms with Gasteiger partial charge in [0.15, 0.2) is 0 Å². The lowest BCUT2D eigenvalue weighted by molar-refractivity contribution is -0.353. The average molecular weight is 131 g/mol. The molecule has 0 aromatic carbocycles. The maximum atomic E-state index is 9.95. The molecular weight excluding hydrogens is 122 g/mol. The van der Waals surface area contributed by atoms with E-state index in [1.165, 1.54) is 6.08 Å². The number of carboxylic acids is 1. The van der Waals surface area contributed by atoms with E-state index in [2.05, 4.69) is 5.73 Å². The molecule has 0 heterocycles. The smallest absolute Gasteiger partial charge is 0.0934 e. The Bertz CT molecular complexity index is 130. The molecule has 0 radical (unpaired) electrons. The van der Waals surface area contributed by atoms with E-state index in [1.807, 2.05) is 0 Å². The van der Waals surface area contributed by atoms with Crippen molar-refractivity contribution in [2.24, 2.45) is 0 Å². The molecule has 4 heteroatoms. The van der Waals surface area contributed by atoms with Gasteiger partial charge in [-0.05, 0) is 6.08 Å². The number of aliphatic hydroxyl groups is 1. The van der Waals surface area contributed by atoms with Gasteiger partial charge in [0.25, 0.3) is 0 Å². The van der Waals surface area contributed by atoms with Crippen LogP contribution in [0.3, 0.4) is 0 Å². The minimum atomic E-state index is -1.33. The Hall–Kier alpha value is -0.870. The van der Waals surface area contributed by atoms with Gasteiger partial charge >= 0.3 is 0 Å². The zero-order valence-corrected chi connectivity index (χ0v) is 4.96. The topological polar surface area (TPSA) is 88.0 Å². The Balaban J connectivity index is 3.98. The van der Waals surface area contributed by atoms with E-state index in [-0.39, 0.29) is 5.57 Å². The van der Waals surface area contributed by atoms with E-state index in [9.17, 15) is 9.90 Å². The van der Waals surface area contributed by atoms with Crippen molar-refractivity contribution in [3.8, 4) is 0 Å². The van der Waals surface area contributed by atoms with Gasteiger partial charge in [-0.15, -0.1) is 0 Å². The van der Waals surface area contributed by atoms with E-state index in [4.69, 9.17) is 5.11 Å². The molecule has 0 saturated carbocycles. The third-order valence-corrected chi connectivity index (χ3v) is 0.823. The SMILES string of the molecule is [NH3+]C/C=C(\CO)C(=O)[O-]. The molecule has 0 aromatic heterocycles. The van der Waals surface area contributed by atoms with Crippen molar-refractivity contribution in [2.75, 3.05) is 13.2 Å². The van der Waals surface area contributed by atoms with E-state index in [0.717, 1.165) is 0 Å². The molecule has 0 amide bonds. The fourth-order valence-electron chi connectivity index (χ4n) is 0.387. The predicted octanol–water partition coefficient (Wildman–Crippen LogP) is -3.10. The van der Waals surface area contributed by atoms with E-state index < -0.39 is 12.6 Å². The Morgan fingerprint density at radius 3 is 2.44 bits per heavy atom. The van der Waals surface area contributed by atoms with E-state index in [1.54, 1.807) is 0 Å². The molecule has 0 rings (SSSR count). The number of quaternary nitrogens is 1. The van der Waals surface area contributed by atoms with Gasteiger partial charge in [-0.3, -0.25) is 0 Å². The maximum absolute atomic E-state index is 9.95. The lowest BCUT2D eigenvalue weighted by Crippen LogP contribution is -2.49. The number of rotatable bonds is 3. The molecule has 4 N–H and O–H groups in total. The third kappa shape index (κ3) is 2.84. The fourth-order valence-corrected chi connectivity index (χ4v) is 0.387. The van der Waals surface area contributed by atoms with Crippen LogP contribution in [0.25, 0.3) is 0 Å². The fraction of sp³-hybridized carbons (Fsp3) is 0.400. The number of aliphatic hydroxyl groups excluding tert-OH is 1. The first-order chi connectivity index (χ1) is 4.22. The van der Waals surface area contributed by atoms with Crippen molar-refractivity contribution < 1.29 is 20.7 Å². The monoisotopic (exact) mass is 131 g/mol. The van der Waals surface area contributed by atoms with Gasteiger partial charge in [0.05, 0.1) is 19.1 Å². The summed E-state index contributed by atoms with van der Waals surface area (Å²) >= 11 is 0. The van der Waals surface area contributed by atoms with Crippen LogP contribution in [0.2, 0.25) is 0 Å². The Morgan fingerprint density at radius 1 is 1.78 bits per heavy atom. The van der Waals surface area contributed by atoms with Crippen LogP contribution in [-0.4, -0.2) is 24.2 Å². The summed E-state index contributed by atoms with van der Waals surface area (Å²) in [5, 5.41) is 18.3. The van der Waals surface area contributed by atoms with E-state index >= 15 is 0 Å². The molecule has 0 saturated heterocycles. The van der Waals surface area contributed by atoms with Crippen LogP contribution in [0.5, 0.6) is 0 Å². The Kier molecular flexibility index (Phi) is 3.66. The number of hydrogen-bond donors (Lipinski definition) is 2. The summed E-state index contributed by atoms with van der Waals surface area (Å²) in [4.78, 5) is 9.95. The zero-order valence-electron chi connectivity index (χ0n) is 4.96. The van der Waals surface area contributed by atoms with Crippen LogP contribution in [-0.2, 0) is 4.79 Å². The highest BCUT2D eigenvalue weighted by molar-refractivity contribution is 5.84.